The smallest absolute Gasteiger partial charge is 0.188 e. The maximum Gasteiger partial charge on any atom is 0.188 e. The van der Waals surface area contributed by atoms with Gasteiger partial charge in [-0.3, -0.25) is 4.79 Å². The summed E-state index contributed by atoms with van der Waals surface area (Å²) in [6.45, 7) is 4.20. The van der Waals surface area contributed by atoms with E-state index in [4.69, 9.17) is 0 Å². The third-order valence-corrected chi connectivity index (χ3v) is 3.17. The van der Waals surface area contributed by atoms with Gasteiger partial charge >= 0.3 is 0 Å². The van der Waals surface area contributed by atoms with Crippen molar-refractivity contribution in [2.24, 2.45) is 0 Å². The molecule has 0 heterocycles. The van der Waals surface area contributed by atoms with E-state index in [9.17, 15) is 4.79 Å². The van der Waals surface area contributed by atoms with Crippen LogP contribution in [0.3, 0.4) is 0 Å². The molecule has 0 amide bonds. The van der Waals surface area contributed by atoms with Crippen LogP contribution in [0.15, 0.2) is 29.8 Å². The van der Waals surface area contributed by atoms with Crippen molar-refractivity contribution in [2.45, 2.75) is 39.5 Å². The van der Waals surface area contributed by atoms with Gasteiger partial charge in [-0.2, -0.15) is 0 Å². The number of carbonyl (C=O) groups is 1. The molecule has 0 unspecified atom stereocenters. The number of carbonyl (C=O) groups excluding carboxylic acids is 1. The second-order valence-electron chi connectivity index (χ2n) is 4.53. The first-order valence-corrected chi connectivity index (χ1v) is 6.05. The Bertz CT molecular complexity index is 441. The van der Waals surface area contributed by atoms with Crippen molar-refractivity contribution in [3.8, 4) is 0 Å². The fourth-order valence-electron chi connectivity index (χ4n) is 2.16. The lowest BCUT2D eigenvalue weighted by molar-refractivity contribution is 0.102. The number of ketones is 1. The third-order valence-electron chi connectivity index (χ3n) is 3.17. The molecule has 0 atom stereocenters. The zero-order chi connectivity index (χ0) is 11.5. The number of benzene rings is 1. The van der Waals surface area contributed by atoms with Crippen LogP contribution in [-0.4, -0.2) is 5.78 Å². The molecule has 0 aliphatic heterocycles. The van der Waals surface area contributed by atoms with E-state index in [2.05, 4.69) is 25.1 Å². The van der Waals surface area contributed by atoms with Gasteiger partial charge in [-0.25, -0.2) is 0 Å². The highest BCUT2D eigenvalue weighted by Gasteiger charge is 2.19. The Kier molecular flexibility index (Phi) is 3.23. The molecule has 1 aliphatic carbocycles. The molecule has 1 aromatic rings. The Balaban J connectivity index is 2.26. The van der Waals surface area contributed by atoms with Crippen LogP contribution in [0.4, 0.5) is 0 Å². The number of hydrogen-bond acceptors (Lipinski definition) is 1. The van der Waals surface area contributed by atoms with Crippen molar-refractivity contribution in [2.75, 3.05) is 0 Å². The molecule has 84 valence electrons. The van der Waals surface area contributed by atoms with Crippen molar-refractivity contribution in [1.29, 1.82) is 0 Å². The van der Waals surface area contributed by atoms with Crippen LogP contribution in [0.2, 0.25) is 0 Å². The molecule has 0 N–H and O–H groups in total. The summed E-state index contributed by atoms with van der Waals surface area (Å²) >= 11 is 0. The van der Waals surface area contributed by atoms with Gasteiger partial charge in [-0.1, -0.05) is 37.1 Å². The summed E-state index contributed by atoms with van der Waals surface area (Å²) in [6.07, 6.45) is 6.21. The summed E-state index contributed by atoms with van der Waals surface area (Å²) in [5.74, 6) is 0.249. The van der Waals surface area contributed by atoms with Gasteiger partial charge < -0.3 is 0 Å². The highest BCUT2D eigenvalue weighted by atomic mass is 16.1. The first kappa shape index (κ1) is 11.1. The molecule has 1 nitrogen and oxygen atoms in total. The van der Waals surface area contributed by atoms with Crippen molar-refractivity contribution in [3.05, 3.63) is 46.5 Å². The van der Waals surface area contributed by atoms with Crippen molar-refractivity contribution < 1.29 is 4.79 Å². The first-order valence-electron chi connectivity index (χ1n) is 6.05. The fourth-order valence-corrected chi connectivity index (χ4v) is 2.16. The molecule has 0 saturated heterocycles. The molecule has 0 aromatic heterocycles. The zero-order valence-electron chi connectivity index (χ0n) is 10.0. The quantitative estimate of drug-likeness (QED) is 0.747. The maximum atomic E-state index is 12.2. The Morgan fingerprint density at radius 2 is 2.12 bits per heavy atom. The molecule has 0 saturated carbocycles. The minimum Gasteiger partial charge on any atom is -0.289 e. The van der Waals surface area contributed by atoms with Crippen molar-refractivity contribution in [1.82, 2.24) is 0 Å². The summed E-state index contributed by atoms with van der Waals surface area (Å²) in [7, 11) is 0. The Morgan fingerprint density at radius 3 is 2.88 bits per heavy atom. The molecule has 2 rings (SSSR count). The predicted molar refractivity (Wildman–Crippen MR) is 66.8 cm³/mol. The molecule has 1 heteroatoms. The van der Waals surface area contributed by atoms with Crippen molar-refractivity contribution >= 4 is 5.78 Å². The molecular weight excluding hydrogens is 196 g/mol. The number of Topliss-reactive ketones (excluding diaryl/α,β-unsaturated/α-hetero) is 1. The van der Waals surface area contributed by atoms with E-state index in [-0.39, 0.29) is 5.78 Å². The minimum absolute atomic E-state index is 0.249. The molecule has 0 radical (unpaired) electrons. The van der Waals surface area contributed by atoms with E-state index < -0.39 is 0 Å². The van der Waals surface area contributed by atoms with Gasteiger partial charge in [0.15, 0.2) is 5.78 Å². The van der Waals surface area contributed by atoms with Gasteiger partial charge in [0, 0.05) is 5.56 Å². The normalized spacial score (nSPS) is 14.6. The number of hydrogen-bond donors (Lipinski definition) is 0. The summed E-state index contributed by atoms with van der Waals surface area (Å²) in [5.41, 5.74) is 4.29. The largest absolute Gasteiger partial charge is 0.289 e. The van der Waals surface area contributed by atoms with Crippen LogP contribution in [0.25, 0.3) is 0 Å². The Morgan fingerprint density at radius 1 is 1.31 bits per heavy atom. The summed E-state index contributed by atoms with van der Waals surface area (Å²) < 4.78 is 0. The maximum absolute atomic E-state index is 12.2. The van der Waals surface area contributed by atoms with Crippen LogP contribution in [-0.2, 0) is 6.42 Å². The lowest BCUT2D eigenvalue weighted by Crippen LogP contribution is -2.12. The van der Waals surface area contributed by atoms with Gasteiger partial charge in [0.25, 0.3) is 0 Å². The Hall–Kier alpha value is -1.37. The van der Waals surface area contributed by atoms with Gasteiger partial charge in [-0.15, -0.1) is 0 Å². The van der Waals surface area contributed by atoms with E-state index in [1.165, 1.54) is 11.1 Å². The van der Waals surface area contributed by atoms with Gasteiger partial charge in [0.05, 0.1) is 0 Å². The topological polar surface area (TPSA) is 17.1 Å². The second kappa shape index (κ2) is 4.65. The third kappa shape index (κ3) is 2.08. The summed E-state index contributed by atoms with van der Waals surface area (Å²) in [6, 6.07) is 6.18. The number of allylic oxidation sites excluding steroid dienone is 2. The number of unbranched alkanes of at least 4 members (excludes halogenated alkanes) is 1. The number of rotatable bonds is 3. The second-order valence-corrected chi connectivity index (χ2v) is 4.53. The fraction of sp³-hybridized carbons (Fsp3) is 0.400. The Labute approximate surface area is 97.2 Å². The van der Waals surface area contributed by atoms with Gasteiger partial charge in [-0.05, 0) is 43.4 Å². The summed E-state index contributed by atoms with van der Waals surface area (Å²) in [4.78, 5) is 12.2. The van der Waals surface area contributed by atoms with E-state index in [0.717, 1.165) is 36.8 Å². The van der Waals surface area contributed by atoms with Gasteiger partial charge in [0.2, 0.25) is 0 Å². The van der Waals surface area contributed by atoms with Gasteiger partial charge in [0.1, 0.15) is 0 Å². The van der Waals surface area contributed by atoms with E-state index >= 15 is 0 Å². The average molecular weight is 214 g/mol. The molecule has 1 aromatic carbocycles. The van der Waals surface area contributed by atoms with Crippen LogP contribution < -0.4 is 0 Å². The molecular formula is C15H18O. The zero-order valence-corrected chi connectivity index (χ0v) is 10.0. The molecule has 0 fully saturated rings. The van der Waals surface area contributed by atoms with E-state index in [1.54, 1.807) is 0 Å². The highest BCUT2D eigenvalue weighted by Crippen LogP contribution is 2.24. The van der Waals surface area contributed by atoms with Crippen LogP contribution in [0.1, 0.15) is 47.7 Å². The molecule has 0 spiro atoms. The SMILES string of the molecule is CCCCC1=CCc2ccc(C)cc2C1=O. The molecule has 0 bridgehead atoms. The first-order chi connectivity index (χ1) is 7.72. The minimum atomic E-state index is 0.249. The van der Waals surface area contributed by atoms with Crippen LogP contribution in [0.5, 0.6) is 0 Å². The summed E-state index contributed by atoms with van der Waals surface area (Å²) in [5, 5.41) is 0. The number of aryl methyl sites for hydroxylation is 1. The monoisotopic (exact) mass is 214 g/mol. The lowest BCUT2D eigenvalue weighted by Gasteiger charge is -2.16. The van der Waals surface area contributed by atoms with Crippen LogP contribution >= 0.6 is 0 Å². The average Bonchev–Trinajstić information content (AvgIpc) is 2.29. The lowest BCUT2D eigenvalue weighted by atomic mass is 9.87. The van der Waals surface area contributed by atoms with E-state index in [0.29, 0.717) is 0 Å². The molecule has 1 aliphatic rings. The van der Waals surface area contributed by atoms with E-state index in [1.807, 2.05) is 13.0 Å². The van der Waals surface area contributed by atoms with Crippen LogP contribution in [0, 0.1) is 6.92 Å². The predicted octanol–water partition coefficient (Wildman–Crippen LogP) is 3.85. The number of fused-ring (bicyclic) bond motifs is 1. The molecule has 16 heavy (non-hydrogen) atoms. The standard InChI is InChI=1S/C15H18O/c1-3-4-5-13-9-8-12-7-6-11(2)10-14(12)15(13)16/h6-7,9-10H,3-5,8H2,1-2H3. The van der Waals surface area contributed by atoms with Crippen molar-refractivity contribution in [3.63, 3.8) is 0 Å². The highest BCUT2D eigenvalue weighted by molar-refractivity contribution is 6.10.